The highest BCUT2D eigenvalue weighted by atomic mass is 19.4. The summed E-state index contributed by atoms with van der Waals surface area (Å²) in [5.41, 5.74) is -0.536. The Morgan fingerprint density at radius 2 is 2.00 bits per heavy atom. The molecule has 0 aliphatic carbocycles. The minimum Gasteiger partial charge on any atom is -0.381 e. The van der Waals surface area contributed by atoms with Crippen LogP contribution >= 0.6 is 0 Å². The van der Waals surface area contributed by atoms with Gasteiger partial charge in [0.2, 0.25) is 5.91 Å². The third kappa shape index (κ3) is 3.91. The van der Waals surface area contributed by atoms with Crippen molar-refractivity contribution in [3.05, 3.63) is 0 Å². The minimum absolute atomic E-state index is 0.124. The van der Waals surface area contributed by atoms with Gasteiger partial charge in [0.25, 0.3) is 0 Å². The summed E-state index contributed by atoms with van der Waals surface area (Å²) in [5, 5.41) is 2.66. The summed E-state index contributed by atoms with van der Waals surface area (Å²) >= 11 is 0. The van der Waals surface area contributed by atoms with E-state index in [2.05, 4.69) is 5.32 Å². The monoisotopic (exact) mass is 324 g/mol. The summed E-state index contributed by atoms with van der Waals surface area (Å²) in [6.07, 6.45) is -3.11. The lowest BCUT2D eigenvalue weighted by Gasteiger charge is -2.36. The number of nitrogens with one attached hydrogen (secondary N) is 1. The molecule has 0 unspecified atom stereocenters. The Balaban J connectivity index is 1.96. The van der Waals surface area contributed by atoms with Gasteiger partial charge in [0.1, 0.15) is 0 Å². The number of halogens is 3. The highest BCUT2D eigenvalue weighted by Crippen LogP contribution is 2.37. The first-order valence-corrected chi connectivity index (χ1v) is 7.43. The third-order valence-electron chi connectivity index (χ3n) is 4.68. The zero-order valence-corrected chi connectivity index (χ0v) is 12.9. The first-order valence-electron chi connectivity index (χ1n) is 7.43. The summed E-state index contributed by atoms with van der Waals surface area (Å²) in [6.45, 7) is 1.27. The number of alkyl halides is 3. The van der Waals surface area contributed by atoms with Crippen LogP contribution in [0.5, 0.6) is 0 Å². The molecule has 0 bridgehead atoms. The average Bonchev–Trinajstić information content (AvgIpc) is 2.88. The molecule has 0 saturated carbocycles. The summed E-state index contributed by atoms with van der Waals surface area (Å²) in [5.74, 6) is -3.21. The quantitative estimate of drug-likeness (QED) is 0.839. The van der Waals surface area contributed by atoms with E-state index < -0.39 is 29.5 Å². The van der Waals surface area contributed by atoms with Gasteiger partial charge in [-0.15, -0.1) is 0 Å². The maximum Gasteiger partial charge on any atom is 0.393 e. The van der Waals surface area contributed by atoms with Gasteiger partial charge in [0, 0.05) is 52.8 Å². The third-order valence-corrected chi connectivity index (χ3v) is 4.68. The van der Waals surface area contributed by atoms with E-state index in [9.17, 15) is 18.0 Å². The largest absolute Gasteiger partial charge is 0.393 e. The molecule has 2 atom stereocenters. The number of carbonyl (C=O) groups is 1. The number of carbonyl (C=O) groups excluding carboxylic acids is 1. The van der Waals surface area contributed by atoms with Crippen molar-refractivity contribution >= 4 is 5.91 Å². The molecule has 2 saturated heterocycles. The molecule has 5 nitrogen and oxygen atoms in total. The Morgan fingerprint density at radius 3 is 2.55 bits per heavy atom. The molecule has 1 amide bonds. The molecule has 1 N–H and O–H groups in total. The van der Waals surface area contributed by atoms with Gasteiger partial charge >= 0.3 is 6.18 Å². The van der Waals surface area contributed by atoms with Crippen molar-refractivity contribution in [2.24, 2.45) is 11.8 Å². The normalized spacial score (nSPS) is 29.5. The molecule has 2 heterocycles. The lowest BCUT2D eigenvalue weighted by molar-refractivity contribution is -0.183. The van der Waals surface area contributed by atoms with E-state index in [1.165, 1.54) is 0 Å². The van der Waals surface area contributed by atoms with Crippen LogP contribution in [0.4, 0.5) is 13.2 Å². The van der Waals surface area contributed by atoms with E-state index in [0.717, 1.165) is 0 Å². The predicted octanol–water partition coefficient (Wildman–Crippen LogP) is 1.04. The van der Waals surface area contributed by atoms with E-state index in [1.54, 1.807) is 19.1 Å². The smallest absolute Gasteiger partial charge is 0.381 e. The number of methoxy groups -OCH3 is 1. The van der Waals surface area contributed by atoms with E-state index in [-0.39, 0.29) is 19.6 Å². The number of rotatable bonds is 4. The minimum atomic E-state index is -4.36. The van der Waals surface area contributed by atoms with Crippen LogP contribution in [0.25, 0.3) is 0 Å². The maximum absolute atomic E-state index is 13.0. The van der Waals surface area contributed by atoms with Crippen LogP contribution in [-0.4, -0.2) is 69.6 Å². The standard InChI is InChI=1S/C14H23F3N2O3/c1-19-7-10(11(8-19)14(15,16)17)12(20)18-9-13(21-2)3-5-22-6-4-13/h10-11H,3-9H2,1-2H3,(H,18,20)/t10-,11-/m1/s1. The molecule has 0 aromatic carbocycles. The van der Waals surface area contributed by atoms with Crippen molar-refractivity contribution in [3.8, 4) is 0 Å². The van der Waals surface area contributed by atoms with Gasteiger partial charge in [0.05, 0.1) is 17.4 Å². The molecule has 0 radical (unpaired) electrons. The summed E-state index contributed by atoms with van der Waals surface area (Å²) in [7, 11) is 3.15. The second-order valence-corrected chi connectivity index (χ2v) is 6.19. The number of amides is 1. The number of likely N-dealkylation sites (tertiary alicyclic amines) is 1. The summed E-state index contributed by atoms with van der Waals surface area (Å²) in [4.78, 5) is 13.8. The Bertz CT molecular complexity index is 397. The van der Waals surface area contributed by atoms with Gasteiger partial charge in [-0.1, -0.05) is 0 Å². The fourth-order valence-corrected chi connectivity index (χ4v) is 3.17. The van der Waals surface area contributed by atoms with Gasteiger partial charge in [0.15, 0.2) is 0 Å². The van der Waals surface area contributed by atoms with E-state index >= 15 is 0 Å². The number of hydrogen-bond acceptors (Lipinski definition) is 4. The SMILES string of the molecule is COC1(CNC(=O)[C@@H]2CN(C)C[C@H]2C(F)(F)F)CCOCC1. The van der Waals surface area contributed by atoms with Gasteiger partial charge < -0.3 is 19.7 Å². The fraction of sp³-hybridized carbons (Fsp3) is 0.929. The van der Waals surface area contributed by atoms with E-state index in [0.29, 0.717) is 26.1 Å². The average molecular weight is 324 g/mol. The second kappa shape index (κ2) is 6.72. The number of hydrogen-bond donors (Lipinski definition) is 1. The van der Waals surface area contributed by atoms with Crippen LogP contribution in [0.3, 0.4) is 0 Å². The van der Waals surface area contributed by atoms with E-state index in [1.807, 2.05) is 0 Å². The molecule has 0 aromatic rings. The Kier molecular flexibility index (Phi) is 5.34. The van der Waals surface area contributed by atoms with Crippen LogP contribution in [-0.2, 0) is 14.3 Å². The molecule has 0 spiro atoms. The molecule has 2 rings (SSSR count). The maximum atomic E-state index is 13.0. The zero-order valence-electron chi connectivity index (χ0n) is 12.9. The Hall–Kier alpha value is -0.860. The lowest BCUT2D eigenvalue weighted by Crippen LogP contribution is -2.50. The number of ether oxygens (including phenoxy) is 2. The predicted molar refractivity (Wildman–Crippen MR) is 73.3 cm³/mol. The molecular weight excluding hydrogens is 301 g/mol. The van der Waals surface area contributed by atoms with Crippen molar-refractivity contribution in [2.45, 2.75) is 24.6 Å². The summed E-state index contributed by atoms with van der Waals surface area (Å²) < 4.78 is 49.8. The molecule has 0 aromatic heterocycles. The van der Waals surface area contributed by atoms with Gasteiger partial charge in [-0.05, 0) is 7.05 Å². The van der Waals surface area contributed by atoms with Crippen LogP contribution in [0, 0.1) is 11.8 Å². The molecular formula is C14H23F3N2O3. The van der Waals surface area contributed by atoms with Crippen molar-refractivity contribution in [1.29, 1.82) is 0 Å². The first-order chi connectivity index (χ1) is 10.3. The van der Waals surface area contributed by atoms with Crippen molar-refractivity contribution in [3.63, 3.8) is 0 Å². The van der Waals surface area contributed by atoms with Crippen molar-refractivity contribution < 1.29 is 27.4 Å². The fourth-order valence-electron chi connectivity index (χ4n) is 3.17. The van der Waals surface area contributed by atoms with Gasteiger partial charge in [-0.25, -0.2) is 0 Å². The Morgan fingerprint density at radius 1 is 1.36 bits per heavy atom. The van der Waals surface area contributed by atoms with Crippen molar-refractivity contribution in [1.82, 2.24) is 10.2 Å². The summed E-state index contributed by atoms with van der Waals surface area (Å²) in [6, 6.07) is 0. The highest BCUT2D eigenvalue weighted by Gasteiger charge is 2.51. The lowest BCUT2D eigenvalue weighted by atomic mass is 9.92. The topological polar surface area (TPSA) is 50.8 Å². The second-order valence-electron chi connectivity index (χ2n) is 6.19. The molecule has 8 heteroatoms. The first kappa shape index (κ1) is 17.5. The van der Waals surface area contributed by atoms with Crippen molar-refractivity contribution in [2.75, 3.05) is 47.0 Å². The van der Waals surface area contributed by atoms with Gasteiger partial charge in [-0.3, -0.25) is 4.79 Å². The van der Waals surface area contributed by atoms with Crippen LogP contribution < -0.4 is 5.32 Å². The van der Waals surface area contributed by atoms with Gasteiger partial charge in [-0.2, -0.15) is 13.2 Å². The van der Waals surface area contributed by atoms with Crippen LogP contribution in [0.2, 0.25) is 0 Å². The zero-order chi connectivity index (χ0) is 16.4. The van der Waals surface area contributed by atoms with E-state index in [4.69, 9.17) is 9.47 Å². The van der Waals surface area contributed by atoms with Crippen LogP contribution in [0.1, 0.15) is 12.8 Å². The number of nitrogens with zero attached hydrogens (tertiary/aromatic N) is 1. The Labute approximate surface area is 128 Å². The molecule has 2 fully saturated rings. The van der Waals surface area contributed by atoms with Crippen LogP contribution in [0.15, 0.2) is 0 Å². The molecule has 22 heavy (non-hydrogen) atoms. The molecule has 2 aliphatic heterocycles. The molecule has 2 aliphatic rings. The highest BCUT2D eigenvalue weighted by molar-refractivity contribution is 5.79. The molecule has 128 valence electrons.